The van der Waals surface area contributed by atoms with Crippen molar-refractivity contribution in [2.24, 2.45) is 5.73 Å². The molecule has 3 N–H and O–H groups in total. The standard InChI is InChI=1S/C14H19N3O3/c15-8-13(18)16-9-14(19)17-6-7-20-12(10-17)11-4-2-1-3-5-11/h1-5,12H,6-10,15H2,(H,16,18). The summed E-state index contributed by atoms with van der Waals surface area (Å²) >= 11 is 0. The second kappa shape index (κ2) is 7.02. The summed E-state index contributed by atoms with van der Waals surface area (Å²) < 4.78 is 5.69. The number of nitrogens with one attached hydrogen (secondary N) is 1. The largest absolute Gasteiger partial charge is 0.370 e. The van der Waals surface area contributed by atoms with Crippen LogP contribution in [-0.2, 0) is 14.3 Å². The summed E-state index contributed by atoms with van der Waals surface area (Å²) in [6.45, 7) is 1.42. The third kappa shape index (κ3) is 3.79. The van der Waals surface area contributed by atoms with E-state index < -0.39 is 0 Å². The second-order valence-corrected chi connectivity index (χ2v) is 4.59. The molecule has 1 aliphatic heterocycles. The number of benzene rings is 1. The first-order valence-corrected chi connectivity index (χ1v) is 6.62. The van der Waals surface area contributed by atoms with Gasteiger partial charge in [-0.25, -0.2) is 0 Å². The van der Waals surface area contributed by atoms with E-state index in [9.17, 15) is 9.59 Å². The van der Waals surface area contributed by atoms with Crippen LogP contribution in [0, 0.1) is 0 Å². The van der Waals surface area contributed by atoms with E-state index in [-0.39, 0.29) is 31.0 Å². The van der Waals surface area contributed by atoms with Crippen molar-refractivity contribution in [3.63, 3.8) is 0 Å². The quantitative estimate of drug-likeness (QED) is 0.788. The summed E-state index contributed by atoms with van der Waals surface area (Å²) in [5, 5.41) is 2.49. The van der Waals surface area contributed by atoms with Crippen molar-refractivity contribution in [3.8, 4) is 0 Å². The molecule has 1 fully saturated rings. The maximum atomic E-state index is 12.0. The molecule has 1 unspecified atom stereocenters. The molecular formula is C14H19N3O3. The highest BCUT2D eigenvalue weighted by molar-refractivity contribution is 5.85. The summed E-state index contributed by atoms with van der Waals surface area (Å²) in [4.78, 5) is 24.8. The van der Waals surface area contributed by atoms with E-state index in [0.717, 1.165) is 5.56 Å². The lowest BCUT2D eigenvalue weighted by molar-refractivity contribution is -0.139. The Morgan fingerprint density at radius 2 is 2.10 bits per heavy atom. The smallest absolute Gasteiger partial charge is 0.242 e. The van der Waals surface area contributed by atoms with E-state index in [2.05, 4.69) is 5.32 Å². The summed E-state index contributed by atoms with van der Waals surface area (Å²) in [7, 11) is 0. The average Bonchev–Trinajstić information content (AvgIpc) is 2.53. The van der Waals surface area contributed by atoms with Crippen LogP contribution in [0.5, 0.6) is 0 Å². The van der Waals surface area contributed by atoms with Gasteiger partial charge >= 0.3 is 0 Å². The normalized spacial score (nSPS) is 18.6. The average molecular weight is 277 g/mol. The van der Waals surface area contributed by atoms with Crippen LogP contribution in [0.3, 0.4) is 0 Å². The third-order valence-electron chi connectivity index (χ3n) is 3.21. The van der Waals surface area contributed by atoms with Crippen molar-refractivity contribution < 1.29 is 14.3 Å². The Balaban J connectivity index is 1.90. The first-order chi connectivity index (χ1) is 9.70. The molecule has 1 aliphatic rings. The summed E-state index contributed by atoms with van der Waals surface area (Å²) in [5.41, 5.74) is 6.23. The van der Waals surface area contributed by atoms with Crippen molar-refractivity contribution in [1.29, 1.82) is 0 Å². The van der Waals surface area contributed by atoms with Crippen molar-refractivity contribution in [1.82, 2.24) is 10.2 Å². The molecule has 20 heavy (non-hydrogen) atoms. The first kappa shape index (κ1) is 14.5. The molecule has 2 rings (SSSR count). The minimum Gasteiger partial charge on any atom is -0.370 e. The molecule has 1 aromatic carbocycles. The molecule has 6 nitrogen and oxygen atoms in total. The molecule has 0 aliphatic carbocycles. The maximum Gasteiger partial charge on any atom is 0.242 e. The molecule has 0 spiro atoms. The molecule has 1 heterocycles. The minimum atomic E-state index is -0.328. The summed E-state index contributed by atoms with van der Waals surface area (Å²) in [6.07, 6.45) is -0.112. The van der Waals surface area contributed by atoms with Gasteiger partial charge in [-0.2, -0.15) is 0 Å². The number of hydrogen-bond donors (Lipinski definition) is 2. The van der Waals surface area contributed by atoms with Gasteiger partial charge in [0.15, 0.2) is 0 Å². The van der Waals surface area contributed by atoms with Gasteiger partial charge in [-0.3, -0.25) is 9.59 Å². The number of hydrogen-bond acceptors (Lipinski definition) is 4. The molecule has 0 bridgehead atoms. The van der Waals surface area contributed by atoms with E-state index in [1.807, 2.05) is 30.3 Å². The monoisotopic (exact) mass is 277 g/mol. The molecule has 2 amide bonds. The van der Waals surface area contributed by atoms with Gasteiger partial charge in [-0.1, -0.05) is 30.3 Å². The van der Waals surface area contributed by atoms with E-state index in [1.54, 1.807) is 4.90 Å². The van der Waals surface area contributed by atoms with Crippen molar-refractivity contribution >= 4 is 11.8 Å². The van der Waals surface area contributed by atoms with Gasteiger partial charge < -0.3 is 20.7 Å². The zero-order chi connectivity index (χ0) is 14.4. The fourth-order valence-electron chi connectivity index (χ4n) is 2.10. The Morgan fingerprint density at radius 3 is 2.80 bits per heavy atom. The molecular weight excluding hydrogens is 258 g/mol. The molecule has 6 heteroatoms. The van der Waals surface area contributed by atoms with E-state index >= 15 is 0 Å². The fraction of sp³-hybridized carbons (Fsp3) is 0.429. The van der Waals surface area contributed by atoms with Gasteiger partial charge in [0.25, 0.3) is 0 Å². The number of morpholine rings is 1. The number of carbonyl (C=O) groups is 2. The van der Waals surface area contributed by atoms with Crippen molar-refractivity contribution in [2.75, 3.05) is 32.8 Å². The molecule has 108 valence electrons. The van der Waals surface area contributed by atoms with Crippen molar-refractivity contribution in [2.45, 2.75) is 6.10 Å². The van der Waals surface area contributed by atoms with Crippen LogP contribution in [0.1, 0.15) is 11.7 Å². The first-order valence-electron chi connectivity index (χ1n) is 6.62. The number of amides is 2. The predicted molar refractivity (Wildman–Crippen MR) is 73.8 cm³/mol. The predicted octanol–water partition coefficient (Wildman–Crippen LogP) is -0.339. The minimum absolute atomic E-state index is 0.0163. The maximum absolute atomic E-state index is 12.0. The Bertz CT molecular complexity index is 464. The molecule has 0 saturated carbocycles. The molecule has 1 aromatic rings. The van der Waals surface area contributed by atoms with Gasteiger partial charge in [0, 0.05) is 6.54 Å². The van der Waals surface area contributed by atoms with Gasteiger partial charge in [-0.05, 0) is 5.56 Å². The Hall–Kier alpha value is -1.92. The molecule has 1 saturated heterocycles. The number of rotatable bonds is 4. The van der Waals surface area contributed by atoms with Crippen LogP contribution in [-0.4, -0.2) is 49.5 Å². The van der Waals surface area contributed by atoms with Gasteiger partial charge in [0.1, 0.15) is 6.10 Å². The lowest BCUT2D eigenvalue weighted by Crippen LogP contribution is -2.47. The van der Waals surface area contributed by atoms with Crippen LogP contribution >= 0.6 is 0 Å². The SMILES string of the molecule is NCC(=O)NCC(=O)N1CCOC(c2ccccc2)C1. The van der Waals surface area contributed by atoms with Crippen LogP contribution in [0.4, 0.5) is 0 Å². The third-order valence-corrected chi connectivity index (χ3v) is 3.21. The van der Waals surface area contributed by atoms with Crippen molar-refractivity contribution in [3.05, 3.63) is 35.9 Å². The highest BCUT2D eigenvalue weighted by atomic mass is 16.5. The Labute approximate surface area is 117 Å². The molecule has 1 atom stereocenters. The highest BCUT2D eigenvalue weighted by Gasteiger charge is 2.25. The number of carbonyl (C=O) groups excluding carboxylic acids is 2. The van der Waals surface area contributed by atoms with E-state index in [0.29, 0.717) is 19.7 Å². The number of ether oxygens (including phenoxy) is 1. The summed E-state index contributed by atoms with van der Waals surface area (Å²) in [6, 6.07) is 9.79. The van der Waals surface area contributed by atoms with Crippen LogP contribution in [0.15, 0.2) is 30.3 Å². The van der Waals surface area contributed by atoms with E-state index in [1.165, 1.54) is 0 Å². The molecule has 0 radical (unpaired) electrons. The van der Waals surface area contributed by atoms with Gasteiger partial charge in [-0.15, -0.1) is 0 Å². The fourth-order valence-corrected chi connectivity index (χ4v) is 2.10. The number of nitrogens with two attached hydrogens (primary N) is 1. The topological polar surface area (TPSA) is 84.7 Å². The van der Waals surface area contributed by atoms with Crippen LogP contribution in [0.25, 0.3) is 0 Å². The Morgan fingerprint density at radius 1 is 1.35 bits per heavy atom. The van der Waals surface area contributed by atoms with Gasteiger partial charge in [0.05, 0.1) is 26.2 Å². The van der Waals surface area contributed by atoms with Gasteiger partial charge in [0.2, 0.25) is 11.8 Å². The van der Waals surface area contributed by atoms with Crippen LogP contribution < -0.4 is 11.1 Å². The Kier molecular flexibility index (Phi) is 5.09. The lowest BCUT2D eigenvalue weighted by Gasteiger charge is -2.33. The second-order valence-electron chi connectivity index (χ2n) is 4.59. The zero-order valence-electron chi connectivity index (χ0n) is 11.2. The highest BCUT2D eigenvalue weighted by Crippen LogP contribution is 2.21. The lowest BCUT2D eigenvalue weighted by atomic mass is 10.1. The number of nitrogens with zero attached hydrogens (tertiary/aromatic N) is 1. The molecule has 0 aromatic heterocycles. The zero-order valence-corrected chi connectivity index (χ0v) is 11.2. The van der Waals surface area contributed by atoms with E-state index in [4.69, 9.17) is 10.5 Å². The summed E-state index contributed by atoms with van der Waals surface area (Å²) in [5.74, 6) is -0.442. The van der Waals surface area contributed by atoms with Crippen LogP contribution in [0.2, 0.25) is 0 Å².